The van der Waals surface area contributed by atoms with Gasteiger partial charge in [-0.25, -0.2) is 0 Å². The van der Waals surface area contributed by atoms with Crippen LogP contribution in [0.2, 0.25) is 0 Å². The molecule has 1 aromatic carbocycles. The van der Waals surface area contributed by atoms with Gasteiger partial charge in [-0.05, 0) is 34.9 Å². The Labute approximate surface area is 85.8 Å². The standard InChI is InChI=1S/C13H18O/c1-13(2,3)10-5-6-11-9(8-10)4-7-12(11)14/h5-6,8,12,14H,4,7H2,1-3H3/t12-/m1/s1. The monoisotopic (exact) mass is 190 g/mol. The van der Waals surface area contributed by atoms with Crippen molar-refractivity contribution in [2.24, 2.45) is 0 Å². The highest BCUT2D eigenvalue weighted by Crippen LogP contribution is 2.34. The van der Waals surface area contributed by atoms with Gasteiger partial charge in [-0.1, -0.05) is 39.0 Å². The molecule has 0 bridgehead atoms. The van der Waals surface area contributed by atoms with Crippen LogP contribution in [0.5, 0.6) is 0 Å². The van der Waals surface area contributed by atoms with Gasteiger partial charge >= 0.3 is 0 Å². The summed E-state index contributed by atoms with van der Waals surface area (Å²) in [6.07, 6.45) is 1.70. The van der Waals surface area contributed by atoms with Gasteiger partial charge in [-0.2, -0.15) is 0 Å². The molecule has 1 heteroatoms. The molecule has 0 fully saturated rings. The van der Waals surface area contributed by atoms with Crippen LogP contribution in [0.1, 0.15) is 50.0 Å². The Hall–Kier alpha value is -0.820. The van der Waals surface area contributed by atoms with Crippen LogP contribution >= 0.6 is 0 Å². The molecule has 76 valence electrons. The van der Waals surface area contributed by atoms with Gasteiger partial charge in [0.15, 0.2) is 0 Å². The second-order valence-corrected chi connectivity index (χ2v) is 5.22. The Balaban J connectivity index is 2.42. The van der Waals surface area contributed by atoms with Crippen LogP contribution in [0.25, 0.3) is 0 Å². The van der Waals surface area contributed by atoms with Crippen LogP contribution in [0.4, 0.5) is 0 Å². The molecule has 0 unspecified atom stereocenters. The van der Waals surface area contributed by atoms with E-state index in [0.29, 0.717) is 0 Å². The van der Waals surface area contributed by atoms with E-state index in [9.17, 15) is 5.11 Å². The molecule has 0 spiro atoms. The van der Waals surface area contributed by atoms with E-state index in [1.54, 1.807) is 0 Å². The largest absolute Gasteiger partial charge is 0.388 e. The van der Waals surface area contributed by atoms with Crippen molar-refractivity contribution in [3.63, 3.8) is 0 Å². The molecule has 0 saturated heterocycles. The summed E-state index contributed by atoms with van der Waals surface area (Å²) in [4.78, 5) is 0. The number of benzene rings is 1. The van der Waals surface area contributed by atoms with E-state index in [1.165, 1.54) is 11.1 Å². The van der Waals surface area contributed by atoms with Gasteiger partial charge in [-0.3, -0.25) is 0 Å². The molecule has 0 radical (unpaired) electrons. The summed E-state index contributed by atoms with van der Waals surface area (Å²) < 4.78 is 0. The van der Waals surface area contributed by atoms with Crippen molar-refractivity contribution in [1.29, 1.82) is 0 Å². The minimum absolute atomic E-state index is 0.211. The predicted molar refractivity (Wildman–Crippen MR) is 58.4 cm³/mol. The molecule has 1 aliphatic carbocycles. The molecule has 1 nitrogen and oxygen atoms in total. The Kier molecular flexibility index (Phi) is 2.15. The molecule has 1 atom stereocenters. The highest BCUT2D eigenvalue weighted by molar-refractivity contribution is 5.39. The van der Waals surface area contributed by atoms with Crippen molar-refractivity contribution in [3.8, 4) is 0 Å². The molecular formula is C13H18O. The maximum Gasteiger partial charge on any atom is 0.0795 e. The van der Waals surface area contributed by atoms with E-state index in [4.69, 9.17) is 0 Å². The zero-order valence-electron chi connectivity index (χ0n) is 9.17. The Morgan fingerprint density at radius 1 is 1.29 bits per heavy atom. The first kappa shape index (κ1) is 9.72. The summed E-state index contributed by atoms with van der Waals surface area (Å²) in [5.74, 6) is 0. The van der Waals surface area contributed by atoms with Crippen LogP contribution < -0.4 is 0 Å². The van der Waals surface area contributed by atoms with E-state index >= 15 is 0 Å². The Morgan fingerprint density at radius 3 is 2.64 bits per heavy atom. The van der Waals surface area contributed by atoms with Gasteiger partial charge in [0, 0.05) is 0 Å². The van der Waals surface area contributed by atoms with Gasteiger partial charge in [0.1, 0.15) is 0 Å². The lowest BCUT2D eigenvalue weighted by Gasteiger charge is -2.20. The summed E-state index contributed by atoms with van der Waals surface area (Å²) >= 11 is 0. The second-order valence-electron chi connectivity index (χ2n) is 5.22. The normalized spacial score (nSPS) is 21.0. The third kappa shape index (κ3) is 1.57. The lowest BCUT2D eigenvalue weighted by Crippen LogP contribution is -2.11. The zero-order valence-corrected chi connectivity index (χ0v) is 9.17. The number of hydrogen-bond donors (Lipinski definition) is 1. The third-order valence-electron chi connectivity index (χ3n) is 3.06. The predicted octanol–water partition coefficient (Wildman–Crippen LogP) is 2.96. The van der Waals surface area contributed by atoms with Crippen molar-refractivity contribution < 1.29 is 5.11 Å². The van der Waals surface area contributed by atoms with Crippen molar-refractivity contribution in [1.82, 2.24) is 0 Å². The molecule has 0 heterocycles. The Morgan fingerprint density at radius 2 is 2.00 bits per heavy atom. The zero-order chi connectivity index (χ0) is 10.3. The summed E-state index contributed by atoms with van der Waals surface area (Å²) in [6, 6.07) is 6.49. The van der Waals surface area contributed by atoms with E-state index in [2.05, 4.69) is 39.0 Å². The molecule has 2 rings (SSSR count). The first-order chi connectivity index (χ1) is 6.48. The SMILES string of the molecule is CC(C)(C)c1ccc2c(c1)CC[C@H]2O. The second kappa shape index (κ2) is 3.09. The molecule has 1 aliphatic rings. The number of aryl methyl sites for hydroxylation is 1. The average Bonchev–Trinajstić information content (AvgIpc) is 2.46. The number of fused-ring (bicyclic) bond motifs is 1. The number of hydrogen-bond acceptors (Lipinski definition) is 1. The van der Waals surface area contributed by atoms with Gasteiger partial charge in [0.2, 0.25) is 0 Å². The van der Waals surface area contributed by atoms with Crippen LogP contribution in [-0.2, 0) is 11.8 Å². The molecular weight excluding hydrogens is 172 g/mol. The minimum Gasteiger partial charge on any atom is -0.388 e. The highest BCUT2D eigenvalue weighted by atomic mass is 16.3. The van der Waals surface area contributed by atoms with Crippen molar-refractivity contribution in [3.05, 3.63) is 34.9 Å². The number of aliphatic hydroxyl groups excluding tert-OH is 1. The van der Waals surface area contributed by atoms with E-state index in [0.717, 1.165) is 18.4 Å². The number of aliphatic hydroxyl groups is 1. The summed E-state index contributed by atoms with van der Waals surface area (Å²) in [7, 11) is 0. The highest BCUT2D eigenvalue weighted by Gasteiger charge is 2.22. The fourth-order valence-electron chi connectivity index (χ4n) is 2.06. The van der Waals surface area contributed by atoms with Crippen LogP contribution in [-0.4, -0.2) is 5.11 Å². The van der Waals surface area contributed by atoms with Crippen molar-refractivity contribution in [2.75, 3.05) is 0 Å². The molecule has 0 amide bonds. The average molecular weight is 190 g/mol. The summed E-state index contributed by atoms with van der Waals surface area (Å²) in [5.41, 5.74) is 4.05. The molecule has 1 aromatic rings. The lowest BCUT2D eigenvalue weighted by atomic mass is 9.85. The van der Waals surface area contributed by atoms with Crippen molar-refractivity contribution >= 4 is 0 Å². The molecule has 14 heavy (non-hydrogen) atoms. The number of rotatable bonds is 0. The van der Waals surface area contributed by atoms with Gasteiger partial charge in [-0.15, -0.1) is 0 Å². The summed E-state index contributed by atoms with van der Waals surface area (Å²) in [6.45, 7) is 6.67. The fourth-order valence-corrected chi connectivity index (χ4v) is 2.06. The maximum atomic E-state index is 9.68. The minimum atomic E-state index is -0.223. The molecule has 1 N–H and O–H groups in total. The van der Waals surface area contributed by atoms with E-state index in [-0.39, 0.29) is 11.5 Å². The van der Waals surface area contributed by atoms with Crippen molar-refractivity contribution in [2.45, 2.75) is 45.1 Å². The van der Waals surface area contributed by atoms with E-state index in [1.807, 2.05) is 0 Å². The Bertz CT molecular complexity index is 347. The van der Waals surface area contributed by atoms with Gasteiger partial charge in [0.25, 0.3) is 0 Å². The molecule has 0 aromatic heterocycles. The van der Waals surface area contributed by atoms with Gasteiger partial charge < -0.3 is 5.11 Å². The first-order valence-electron chi connectivity index (χ1n) is 5.30. The van der Waals surface area contributed by atoms with E-state index < -0.39 is 0 Å². The smallest absolute Gasteiger partial charge is 0.0795 e. The van der Waals surface area contributed by atoms with Crippen LogP contribution in [0, 0.1) is 0 Å². The van der Waals surface area contributed by atoms with Crippen LogP contribution in [0.15, 0.2) is 18.2 Å². The fraction of sp³-hybridized carbons (Fsp3) is 0.538. The summed E-state index contributed by atoms with van der Waals surface area (Å²) in [5, 5.41) is 9.68. The maximum absolute atomic E-state index is 9.68. The third-order valence-corrected chi connectivity index (χ3v) is 3.06. The quantitative estimate of drug-likeness (QED) is 0.667. The van der Waals surface area contributed by atoms with Gasteiger partial charge in [0.05, 0.1) is 6.10 Å². The van der Waals surface area contributed by atoms with Crippen LogP contribution in [0.3, 0.4) is 0 Å². The lowest BCUT2D eigenvalue weighted by molar-refractivity contribution is 0.180. The molecule has 0 saturated carbocycles. The first-order valence-corrected chi connectivity index (χ1v) is 5.30. The molecule has 0 aliphatic heterocycles. The topological polar surface area (TPSA) is 20.2 Å².